The van der Waals surface area contributed by atoms with Gasteiger partial charge in [-0.2, -0.15) is 11.8 Å². The molecule has 3 atom stereocenters. The number of carbonyl (C=O) groups excluding carboxylic acids is 3. The van der Waals surface area contributed by atoms with Crippen LogP contribution in [0.4, 0.5) is 4.39 Å². The number of nitrogens with zero attached hydrogens (tertiary/aromatic N) is 2. The van der Waals surface area contributed by atoms with Gasteiger partial charge in [-0.3, -0.25) is 9.59 Å². The summed E-state index contributed by atoms with van der Waals surface area (Å²) in [5.74, 6) is -0.415. The third kappa shape index (κ3) is 5.77. The van der Waals surface area contributed by atoms with Crippen LogP contribution in [0.5, 0.6) is 0 Å². The molecule has 2 aliphatic rings. The van der Waals surface area contributed by atoms with Gasteiger partial charge >= 0.3 is 5.97 Å². The molecular formula is C22H29FN2O5S. The number of rotatable bonds is 7. The lowest BCUT2D eigenvalue weighted by molar-refractivity contribution is -0.156. The van der Waals surface area contributed by atoms with Crippen molar-refractivity contribution in [1.82, 2.24) is 9.80 Å². The summed E-state index contributed by atoms with van der Waals surface area (Å²) in [6.07, 6.45) is 2.56. The van der Waals surface area contributed by atoms with Gasteiger partial charge in [-0.05, 0) is 43.4 Å². The Bertz CT molecular complexity index is 791. The molecule has 3 rings (SSSR count). The molecule has 2 heterocycles. The van der Waals surface area contributed by atoms with Gasteiger partial charge < -0.3 is 19.3 Å². The summed E-state index contributed by atoms with van der Waals surface area (Å²) in [6.45, 7) is 0.850. The van der Waals surface area contributed by atoms with Crippen molar-refractivity contribution in [3.8, 4) is 0 Å². The molecule has 2 amide bonds. The summed E-state index contributed by atoms with van der Waals surface area (Å²) in [6, 6.07) is 5.17. The van der Waals surface area contributed by atoms with Crippen molar-refractivity contribution in [1.29, 1.82) is 0 Å². The van der Waals surface area contributed by atoms with Gasteiger partial charge in [0.1, 0.15) is 24.5 Å². The number of benzene rings is 1. The quantitative estimate of drug-likeness (QED) is 0.591. The normalized spacial score (nSPS) is 23.6. The van der Waals surface area contributed by atoms with E-state index in [9.17, 15) is 18.8 Å². The van der Waals surface area contributed by atoms with Crippen LogP contribution >= 0.6 is 11.8 Å². The lowest BCUT2D eigenvalue weighted by Crippen LogP contribution is -2.57. The van der Waals surface area contributed by atoms with Gasteiger partial charge in [0.15, 0.2) is 0 Å². The Morgan fingerprint density at radius 2 is 1.81 bits per heavy atom. The predicted molar refractivity (Wildman–Crippen MR) is 115 cm³/mol. The maximum Gasteiger partial charge on any atom is 0.328 e. The molecule has 9 heteroatoms. The highest BCUT2D eigenvalue weighted by Gasteiger charge is 2.43. The standard InChI is InChI=1S/C22H29FN2O5S/c1-29-13-20(26)24-11-9-17(31-14-15-5-7-16(23)8-6-15)12-19(24)21(27)25-10-3-4-18(25)22(28)30-2/h5-8,17-19H,3-4,9-14H2,1-2H3. The molecule has 2 saturated heterocycles. The molecule has 2 aliphatic heterocycles. The largest absolute Gasteiger partial charge is 0.467 e. The highest BCUT2D eigenvalue weighted by molar-refractivity contribution is 7.99. The second-order valence-electron chi connectivity index (χ2n) is 7.83. The Labute approximate surface area is 186 Å². The van der Waals surface area contributed by atoms with Crippen LogP contribution in [0, 0.1) is 5.82 Å². The van der Waals surface area contributed by atoms with Crippen molar-refractivity contribution < 1.29 is 28.2 Å². The van der Waals surface area contributed by atoms with Crippen LogP contribution in [0.3, 0.4) is 0 Å². The number of halogens is 1. The summed E-state index contributed by atoms with van der Waals surface area (Å²) in [5, 5.41) is 0.171. The van der Waals surface area contributed by atoms with Crippen LogP contribution in [0.2, 0.25) is 0 Å². The van der Waals surface area contributed by atoms with Gasteiger partial charge in [0.05, 0.1) is 7.11 Å². The first-order valence-electron chi connectivity index (χ1n) is 10.5. The smallest absolute Gasteiger partial charge is 0.328 e. The molecule has 2 fully saturated rings. The Morgan fingerprint density at radius 1 is 1.06 bits per heavy atom. The van der Waals surface area contributed by atoms with Gasteiger partial charge in [0.25, 0.3) is 0 Å². The van der Waals surface area contributed by atoms with E-state index < -0.39 is 18.1 Å². The molecule has 1 aromatic rings. The number of piperidine rings is 1. The zero-order chi connectivity index (χ0) is 22.4. The number of likely N-dealkylation sites (tertiary alicyclic amines) is 2. The Morgan fingerprint density at radius 3 is 2.48 bits per heavy atom. The summed E-state index contributed by atoms with van der Waals surface area (Å²) in [4.78, 5) is 41.3. The minimum Gasteiger partial charge on any atom is -0.467 e. The molecule has 0 aromatic heterocycles. The van der Waals surface area contributed by atoms with Crippen LogP contribution in [0.15, 0.2) is 24.3 Å². The van der Waals surface area contributed by atoms with Crippen LogP contribution < -0.4 is 0 Å². The highest BCUT2D eigenvalue weighted by Crippen LogP contribution is 2.32. The average Bonchev–Trinajstić information content (AvgIpc) is 3.27. The number of amides is 2. The lowest BCUT2D eigenvalue weighted by Gasteiger charge is -2.40. The summed E-state index contributed by atoms with van der Waals surface area (Å²) >= 11 is 1.70. The van der Waals surface area contributed by atoms with Gasteiger partial charge in [0.2, 0.25) is 11.8 Å². The Kier molecular flexibility index (Phi) is 8.31. The average molecular weight is 453 g/mol. The molecule has 0 saturated carbocycles. The third-order valence-electron chi connectivity index (χ3n) is 5.84. The minimum atomic E-state index is -0.632. The van der Waals surface area contributed by atoms with Gasteiger partial charge in [0, 0.05) is 31.2 Å². The van der Waals surface area contributed by atoms with E-state index in [1.54, 1.807) is 33.7 Å². The maximum atomic E-state index is 13.4. The fraction of sp³-hybridized carbons (Fsp3) is 0.591. The first-order valence-corrected chi connectivity index (χ1v) is 11.5. The molecule has 170 valence electrons. The maximum absolute atomic E-state index is 13.4. The highest BCUT2D eigenvalue weighted by atomic mass is 32.2. The number of hydrogen-bond donors (Lipinski definition) is 0. The van der Waals surface area contributed by atoms with Crippen LogP contribution in [0.25, 0.3) is 0 Å². The fourth-order valence-electron chi connectivity index (χ4n) is 4.22. The number of ether oxygens (including phenoxy) is 2. The lowest BCUT2D eigenvalue weighted by atomic mass is 9.99. The van der Waals surface area contributed by atoms with E-state index in [1.807, 2.05) is 0 Å². The van der Waals surface area contributed by atoms with Crippen molar-refractivity contribution in [3.63, 3.8) is 0 Å². The van der Waals surface area contributed by atoms with Crippen molar-refractivity contribution in [2.45, 2.75) is 48.8 Å². The van der Waals surface area contributed by atoms with Gasteiger partial charge in [-0.15, -0.1) is 0 Å². The SMILES string of the molecule is COCC(=O)N1CCC(SCc2ccc(F)cc2)CC1C(=O)N1CCCC1C(=O)OC. The van der Waals surface area contributed by atoms with E-state index in [2.05, 4.69) is 0 Å². The molecule has 0 spiro atoms. The van der Waals surface area contributed by atoms with E-state index in [-0.39, 0.29) is 29.5 Å². The second kappa shape index (κ2) is 10.9. The van der Waals surface area contributed by atoms with Gasteiger partial charge in [-0.1, -0.05) is 12.1 Å². The molecule has 0 radical (unpaired) electrons. The van der Waals surface area contributed by atoms with Crippen molar-refractivity contribution in [3.05, 3.63) is 35.6 Å². The topological polar surface area (TPSA) is 76.2 Å². The summed E-state index contributed by atoms with van der Waals surface area (Å²) in [7, 11) is 2.77. The minimum absolute atomic E-state index is 0.0857. The van der Waals surface area contributed by atoms with E-state index >= 15 is 0 Å². The van der Waals surface area contributed by atoms with Crippen LogP contribution in [-0.2, 0) is 29.6 Å². The Hall–Kier alpha value is -2.13. The first kappa shape index (κ1) is 23.5. The zero-order valence-electron chi connectivity index (χ0n) is 17.9. The molecule has 0 N–H and O–H groups in total. The van der Waals surface area contributed by atoms with Crippen molar-refractivity contribution in [2.24, 2.45) is 0 Å². The fourth-order valence-corrected chi connectivity index (χ4v) is 5.43. The molecule has 31 heavy (non-hydrogen) atoms. The van der Waals surface area contributed by atoms with E-state index in [4.69, 9.17) is 9.47 Å². The molecule has 3 unspecified atom stereocenters. The number of carbonyl (C=O) groups is 3. The molecular weight excluding hydrogens is 423 g/mol. The predicted octanol–water partition coefficient (Wildman–Crippen LogP) is 2.23. The number of hydrogen-bond acceptors (Lipinski definition) is 6. The molecule has 0 bridgehead atoms. The van der Waals surface area contributed by atoms with Crippen LogP contribution in [0.1, 0.15) is 31.2 Å². The third-order valence-corrected chi connectivity index (χ3v) is 7.24. The van der Waals surface area contributed by atoms with Crippen molar-refractivity contribution >= 4 is 29.5 Å². The molecule has 0 aliphatic carbocycles. The summed E-state index contributed by atoms with van der Waals surface area (Å²) in [5.41, 5.74) is 1.01. The number of esters is 1. The second-order valence-corrected chi connectivity index (χ2v) is 9.12. The Balaban J connectivity index is 1.71. The monoisotopic (exact) mass is 452 g/mol. The number of thioether (sulfide) groups is 1. The number of methoxy groups -OCH3 is 2. The van der Waals surface area contributed by atoms with Gasteiger partial charge in [-0.25, -0.2) is 9.18 Å². The van der Waals surface area contributed by atoms with Crippen molar-refractivity contribution in [2.75, 3.05) is 33.9 Å². The molecule has 7 nitrogen and oxygen atoms in total. The van der Waals surface area contributed by atoms with E-state index in [0.29, 0.717) is 31.7 Å². The molecule has 1 aromatic carbocycles. The summed E-state index contributed by atoms with van der Waals surface area (Å²) < 4.78 is 23.0. The van der Waals surface area contributed by atoms with Crippen LogP contribution in [-0.4, -0.2) is 78.8 Å². The zero-order valence-corrected chi connectivity index (χ0v) is 18.7. The van der Waals surface area contributed by atoms with E-state index in [1.165, 1.54) is 26.4 Å². The first-order chi connectivity index (χ1) is 14.9. The van der Waals surface area contributed by atoms with E-state index in [0.717, 1.165) is 18.4 Å².